The normalized spacial score (nSPS) is 28.6. The van der Waals surface area contributed by atoms with E-state index in [4.69, 9.17) is 11.6 Å². The summed E-state index contributed by atoms with van der Waals surface area (Å²) < 4.78 is 0. The van der Waals surface area contributed by atoms with Gasteiger partial charge in [0.1, 0.15) is 5.15 Å². The molecule has 3 atom stereocenters. The minimum atomic E-state index is -0.00319. The highest BCUT2D eigenvalue weighted by Gasteiger charge is 2.40. The Bertz CT molecular complexity index is 503. The molecule has 0 saturated heterocycles. The van der Waals surface area contributed by atoms with Gasteiger partial charge in [-0.25, -0.2) is 4.98 Å². The number of rotatable bonds is 3. The number of fused-ring (bicyclic) bond motifs is 2. The first-order valence-corrected chi connectivity index (χ1v) is 7.51. The average Bonchev–Trinajstić information content (AvgIpc) is 3.00. The SMILES string of the molecule is CCc1cc(C(=O)NC2CC3CCC2C3)cc(Cl)n1. The second-order valence-corrected chi connectivity index (χ2v) is 6.17. The molecule has 0 spiro atoms. The summed E-state index contributed by atoms with van der Waals surface area (Å²) >= 11 is 5.96. The Balaban J connectivity index is 1.72. The predicted octanol–water partition coefficient (Wildman–Crippen LogP) is 3.22. The fraction of sp³-hybridized carbons (Fsp3) is 0.600. The second kappa shape index (κ2) is 5.12. The number of carbonyl (C=O) groups excluding carboxylic acids is 1. The molecule has 1 heterocycles. The maximum Gasteiger partial charge on any atom is 0.251 e. The van der Waals surface area contributed by atoms with E-state index in [9.17, 15) is 4.79 Å². The fourth-order valence-corrected chi connectivity index (χ4v) is 3.76. The molecule has 1 amide bonds. The molecule has 2 fully saturated rings. The zero-order valence-electron chi connectivity index (χ0n) is 11.2. The van der Waals surface area contributed by atoms with E-state index < -0.39 is 0 Å². The lowest BCUT2D eigenvalue weighted by Crippen LogP contribution is -2.38. The number of pyridine rings is 1. The molecular formula is C15H19ClN2O. The van der Waals surface area contributed by atoms with E-state index in [0.717, 1.165) is 24.5 Å². The van der Waals surface area contributed by atoms with Gasteiger partial charge >= 0.3 is 0 Å². The number of hydrogen-bond acceptors (Lipinski definition) is 2. The van der Waals surface area contributed by atoms with Crippen molar-refractivity contribution in [2.45, 2.75) is 45.1 Å². The third kappa shape index (κ3) is 2.62. The van der Waals surface area contributed by atoms with E-state index in [0.29, 0.717) is 22.7 Å². The molecule has 3 rings (SSSR count). The molecule has 2 aliphatic carbocycles. The van der Waals surface area contributed by atoms with E-state index >= 15 is 0 Å². The van der Waals surface area contributed by atoms with Gasteiger partial charge in [-0.2, -0.15) is 0 Å². The second-order valence-electron chi connectivity index (χ2n) is 5.78. The fourth-order valence-electron chi connectivity index (χ4n) is 3.54. The van der Waals surface area contributed by atoms with Gasteiger partial charge in [-0.1, -0.05) is 24.9 Å². The van der Waals surface area contributed by atoms with E-state index in [1.165, 1.54) is 19.3 Å². The average molecular weight is 279 g/mol. The summed E-state index contributed by atoms with van der Waals surface area (Å²) in [5, 5.41) is 3.58. The molecule has 19 heavy (non-hydrogen) atoms. The van der Waals surface area contributed by atoms with Crippen LogP contribution < -0.4 is 5.32 Å². The summed E-state index contributed by atoms with van der Waals surface area (Å²) in [6.45, 7) is 2.01. The van der Waals surface area contributed by atoms with Crippen LogP contribution >= 0.6 is 11.6 Å². The molecule has 0 aliphatic heterocycles. The Morgan fingerprint density at radius 1 is 1.42 bits per heavy atom. The maximum atomic E-state index is 12.3. The van der Waals surface area contributed by atoms with Gasteiger partial charge in [0, 0.05) is 17.3 Å². The van der Waals surface area contributed by atoms with Crippen molar-refractivity contribution in [3.8, 4) is 0 Å². The third-order valence-corrected chi connectivity index (χ3v) is 4.72. The number of nitrogens with one attached hydrogen (secondary N) is 1. The van der Waals surface area contributed by atoms with E-state index in [1.54, 1.807) is 6.07 Å². The Morgan fingerprint density at radius 2 is 2.26 bits per heavy atom. The molecule has 0 radical (unpaired) electrons. The van der Waals surface area contributed by atoms with Crippen LogP contribution in [-0.4, -0.2) is 16.9 Å². The van der Waals surface area contributed by atoms with Gasteiger partial charge in [0.15, 0.2) is 0 Å². The monoisotopic (exact) mass is 278 g/mol. The van der Waals surface area contributed by atoms with Gasteiger partial charge < -0.3 is 5.32 Å². The molecule has 4 heteroatoms. The van der Waals surface area contributed by atoms with Crippen molar-refractivity contribution in [2.24, 2.45) is 11.8 Å². The molecule has 1 aromatic heterocycles. The molecule has 3 unspecified atom stereocenters. The van der Waals surface area contributed by atoms with Crippen LogP contribution in [0.15, 0.2) is 12.1 Å². The molecule has 2 aliphatic rings. The van der Waals surface area contributed by atoms with Crippen molar-refractivity contribution in [2.75, 3.05) is 0 Å². The van der Waals surface area contributed by atoms with Crippen LogP contribution in [0.5, 0.6) is 0 Å². The van der Waals surface area contributed by atoms with Crippen molar-refractivity contribution in [3.63, 3.8) is 0 Å². The van der Waals surface area contributed by atoms with Gasteiger partial charge in [-0.05, 0) is 49.7 Å². The highest BCUT2D eigenvalue weighted by molar-refractivity contribution is 6.29. The van der Waals surface area contributed by atoms with E-state index in [2.05, 4.69) is 10.3 Å². The van der Waals surface area contributed by atoms with Crippen LogP contribution in [0.4, 0.5) is 0 Å². The Hall–Kier alpha value is -1.09. The van der Waals surface area contributed by atoms with Crippen molar-refractivity contribution >= 4 is 17.5 Å². The molecule has 3 nitrogen and oxygen atoms in total. The first-order valence-electron chi connectivity index (χ1n) is 7.13. The van der Waals surface area contributed by atoms with Crippen LogP contribution in [0.1, 0.15) is 48.7 Å². The number of nitrogens with zero attached hydrogens (tertiary/aromatic N) is 1. The zero-order chi connectivity index (χ0) is 13.4. The van der Waals surface area contributed by atoms with Gasteiger partial charge in [0.25, 0.3) is 5.91 Å². The summed E-state index contributed by atoms with van der Waals surface area (Å²) in [6.07, 6.45) is 5.85. The number of hydrogen-bond donors (Lipinski definition) is 1. The number of amides is 1. The summed E-state index contributed by atoms with van der Waals surface area (Å²) in [5.41, 5.74) is 1.50. The first kappa shape index (κ1) is 12.9. The minimum absolute atomic E-state index is 0.00319. The lowest BCUT2D eigenvalue weighted by atomic mass is 9.95. The molecule has 0 aromatic carbocycles. The van der Waals surface area contributed by atoms with Gasteiger partial charge in [-0.3, -0.25) is 4.79 Å². The Labute approximate surface area is 118 Å². The third-order valence-electron chi connectivity index (χ3n) is 4.53. The summed E-state index contributed by atoms with van der Waals surface area (Å²) in [4.78, 5) is 16.5. The summed E-state index contributed by atoms with van der Waals surface area (Å²) in [6, 6.07) is 3.86. The summed E-state index contributed by atoms with van der Waals surface area (Å²) in [5.74, 6) is 1.52. The smallest absolute Gasteiger partial charge is 0.251 e. The predicted molar refractivity (Wildman–Crippen MR) is 75.3 cm³/mol. The van der Waals surface area contributed by atoms with E-state index in [1.807, 2.05) is 13.0 Å². The van der Waals surface area contributed by atoms with Crippen LogP contribution in [0.3, 0.4) is 0 Å². The van der Waals surface area contributed by atoms with Gasteiger partial charge in [-0.15, -0.1) is 0 Å². The van der Waals surface area contributed by atoms with Crippen LogP contribution in [0.2, 0.25) is 5.15 Å². The molecular weight excluding hydrogens is 260 g/mol. The number of aromatic nitrogens is 1. The zero-order valence-corrected chi connectivity index (χ0v) is 11.9. The lowest BCUT2D eigenvalue weighted by Gasteiger charge is -2.23. The summed E-state index contributed by atoms with van der Waals surface area (Å²) in [7, 11) is 0. The van der Waals surface area contributed by atoms with Crippen molar-refractivity contribution in [1.82, 2.24) is 10.3 Å². The quantitative estimate of drug-likeness (QED) is 0.863. The van der Waals surface area contributed by atoms with E-state index in [-0.39, 0.29) is 5.91 Å². The van der Waals surface area contributed by atoms with Gasteiger partial charge in [0.05, 0.1) is 0 Å². The number of aryl methyl sites for hydroxylation is 1. The Kier molecular flexibility index (Phi) is 3.48. The standard InChI is InChI=1S/C15H19ClN2O/c1-2-12-7-11(8-14(16)17-12)15(19)18-13-6-9-3-4-10(13)5-9/h7-10,13H,2-6H2,1H3,(H,18,19). The highest BCUT2D eigenvalue weighted by atomic mass is 35.5. The lowest BCUT2D eigenvalue weighted by molar-refractivity contribution is 0.0922. The molecule has 2 bridgehead atoms. The first-order chi connectivity index (χ1) is 9.15. The molecule has 1 N–H and O–H groups in total. The van der Waals surface area contributed by atoms with Gasteiger partial charge in [0.2, 0.25) is 0 Å². The molecule has 102 valence electrons. The van der Waals surface area contributed by atoms with Crippen LogP contribution in [-0.2, 0) is 6.42 Å². The molecule has 1 aromatic rings. The van der Waals surface area contributed by atoms with Crippen LogP contribution in [0.25, 0.3) is 0 Å². The number of carbonyl (C=O) groups is 1. The topological polar surface area (TPSA) is 42.0 Å². The minimum Gasteiger partial charge on any atom is -0.349 e. The maximum absolute atomic E-state index is 12.3. The highest BCUT2D eigenvalue weighted by Crippen LogP contribution is 2.44. The van der Waals surface area contributed by atoms with Crippen molar-refractivity contribution < 1.29 is 4.79 Å². The molecule has 2 saturated carbocycles. The van der Waals surface area contributed by atoms with Crippen LogP contribution in [0, 0.1) is 11.8 Å². The van der Waals surface area contributed by atoms with Crippen molar-refractivity contribution in [1.29, 1.82) is 0 Å². The Morgan fingerprint density at radius 3 is 2.89 bits per heavy atom. The largest absolute Gasteiger partial charge is 0.349 e. The number of halogens is 1. The van der Waals surface area contributed by atoms with Crippen molar-refractivity contribution in [3.05, 3.63) is 28.5 Å².